The van der Waals surface area contributed by atoms with Crippen molar-refractivity contribution in [2.45, 2.75) is 39.7 Å². The summed E-state index contributed by atoms with van der Waals surface area (Å²) < 4.78 is 1.15. The van der Waals surface area contributed by atoms with Crippen molar-refractivity contribution < 1.29 is 0 Å². The Morgan fingerprint density at radius 1 is 1.18 bits per heavy atom. The maximum Gasteiger partial charge on any atom is 0.0292 e. The Balaban J connectivity index is 1.89. The van der Waals surface area contributed by atoms with E-state index >= 15 is 0 Å². The van der Waals surface area contributed by atoms with E-state index < -0.39 is 0 Å². The van der Waals surface area contributed by atoms with Crippen LogP contribution in [0.2, 0.25) is 0 Å². The van der Waals surface area contributed by atoms with E-state index in [1.165, 1.54) is 18.4 Å². The molecular formula is C15H22BrN. The molecule has 2 rings (SSSR count). The topological polar surface area (TPSA) is 12.0 Å². The van der Waals surface area contributed by atoms with E-state index in [0.717, 1.165) is 16.9 Å². The second kappa shape index (κ2) is 5.11. The molecule has 1 nitrogen and oxygen atoms in total. The molecule has 17 heavy (non-hydrogen) atoms. The number of rotatable bonds is 5. The molecule has 0 heterocycles. The van der Waals surface area contributed by atoms with Crippen LogP contribution in [0.5, 0.6) is 0 Å². The lowest BCUT2D eigenvalue weighted by molar-refractivity contribution is 0.325. The summed E-state index contributed by atoms with van der Waals surface area (Å²) in [5.74, 6) is 0.798. The van der Waals surface area contributed by atoms with Gasteiger partial charge in [0.2, 0.25) is 0 Å². The van der Waals surface area contributed by atoms with Crippen molar-refractivity contribution in [3.05, 3.63) is 34.3 Å². The van der Waals surface area contributed by atoms with Crippen molar-refractivity contribution in [1.29, 1.82) is 0 Å². The number of benzene rings is 1. The molecule has 1 aromatic rings. The summed E-state index contributed by atoms with van der Waals surface area (Å²) >= 11 is 3.47. The lowest BCUT2D eigenvalue weighted by Gasteiger charge is -2.23. The molecule has 1 fully saturated rings. The third-order valence-corrected chi connectivity index (χ3v) is 4.78. The minimum absolute atomic E-state index is 0.444. The van der Waals surface area contributed by atoms with E-state index in [1.807, 2.05) is 0 Å². The summed E-state index contributed by atoms with van der Waals surface area (Å²) in [6.45, 7) is 8.10. The molecule has 1 aromatic carbocycles. The van der Waals surface area contributed by atoms with Crippen LogP contribution in [0.25, 0.3) is 0 Å². The van der Waals surface area contributed by atoms with E-state index in [9.17, 15) is 0 Å². The molecule has 1 unspecified atom stereocenters. The number of hydrogen-bond acceptors (Lipinski definition) is 1. The average Bonchev–Trinajstić information content (AvgIpc) is 3.08. The molecule has 0 bridgehead atoms. The molecule has 94 valence electrons. The van der Waals surface area contributed by atoms with Crippen molar-refractivity contribution in [3.63, 3.8) is 0 Å². The van der Waals surface area contributed by atoms with E-state index in [0.29, 0.717) is 11.5 Å². The second-order valence-corrected chi connectivity index (χ2v) is 6.59. The molecule has 1 aliphatic carbocycles. The van der Waals surface area contributed by atoms with Crippen molar-refractivity contribution >= 4 is 15.9 Å². The van der Waals surface area contributed by atoms with Gasteiger partial charge in [-0.1, -0.05) is 41.9 Å². The Kier molecular flexibility index (Phi) is 3.94. The van der Waals surface area contributed by atoms with Crippen molar-refractivity contribution in [1.82, 2.24) is 5.32 Å². The van der Waals surface area contributed by atoms with Gasteiger partial charge in [-0.15, -0.1) is 0 Å². The van der Waals surface area contributed by atoms with Crippen LogP contribution in [0, 0.1) is 11.3 Å². The Morgan fingerprint density at radius 3 is 2.24 bits per heavy atom. The summed E-state index contributed by atoms with van der Waals surface area (Å²) in [5, 5.41) is 3.69. The maximum atomic E-state index is 3.69. The first kappa shape index (κ1) is 13.1. The van der Waals surface area contributed by atoms with Gasteiger partial charge in [0.05, 0.1) is 0 Å². The zero-order valence-electron chi connectivity index (χ0n) is 11.0. The van der Waals surface area contributed by atoms with Crippen molar-refractivity contribution in [2.24, 2.45) is 11.3 Å². The van der Waals surface area contributed by atoms with Crippen molar-refractivity contribution in [2.75, 3.05) is 6.54 Å². The third kappa shape index (κ3) is 3.11. The van der Waals surface area contributed by atoms with Gasteiger partial charge in [-0.3, -0.25) is 0 Å². The standard InChI is InChI=1S/C15H22BrN/c1-11(2)15(8-9-15)10-17-12(3)13-4-6-14(16)7-5-13/h4-7,11-12,17H,8-10H2,1-3H3. The fourth-order valence-corrected chi connectivity index (χ4v) is 2.61. The highest BCUT2D eigenvalue weighted by atomic mass is 79.9. The highest BCUT2D eigenvalue weighted by molar-refractivity contribution is 9.10. The molecule has 0 aromatic heterocycles. The van der Waals surface area contributed by atoms with Gasteiger partial charge in [0.25, 0.3) is 0 Å². The predicted octanol–water partition coefficient (Wildman–Crippen LogP) is 4.54. The van der Waals surface area contributed by atoms with E-state index in [-0.39, 0.29) is 0 Å². The van der Waals surface area contributed by atoms with Gasteiger partial charge in [0.1, 0.15) is 0 Å². The van der Waals surface area contributed by atoms with Gasteiger partial charge >= 0.3 is 0 Å². The first-order chi connectivity index (χ1) is 8.03. The first-order valence-electron chi connectivity index (χ1n) is 6.52. The average molecular weight is 296 g/mol. The highest BCUT2D eigenvalue weighted by Gasteiger charge is 2.44. The normalized spacial score (nSPS) is 19.4. The zero-order chi connectivity index (χ0) is 12.5. The van der Waals surface area contributed by atoms with Crippen molar-refractivity contribution in [3.8, 4) is 0 Å². The zero-order valence-corrected chi connectivity index (χ0v) is 12.5. The largest absolute Gasteiger partial charge is 0.310 e. The molecule has 1 aliphatic rings. The van der Waals surface area contributed by atoms with Gasteiger partial charge in [0, 0.05) is 17.1 Å². The van der Waals surface area contributed by atoms with Crippen LogP contribution in [-0.2, 0) is 0 Å². The van der Waals surface area contributed by atoms with E-state index in [4.69, 9.17) is 0 Å². The second-order valence-electron chi connectivity index (χ2n) is 5.67. The van der Waals surface area contributed by atoms with Gasteiger partial charge in [0.15, 0.2) is 0 Å². The molecule has 0 spiro atoms. The Labute approximate surface area is 113 Å². The quantitative estimate of drug-likeness (QED) is 0.841. The first-order valence-corrected chi connectivity index (χ1v) is 7.32. The summed E-state index contributed by atoms with van der Waals surface area (Å²) in [6, 6.07) is 9.05. The fourth-order valence-electron chi connectivity index (χ4n) is 2.34. The summed E-state index contributed by atoms with van der Waals surface area (Å²) in [6.07, 6.45) is 2.79. The Bertz CT molecular complexity index is 365. The van der Waals surface area contributed by atoms with Crippen LogP contribution in [0.4, 0.5) is 0 Å². The van der Waals surface area contributed by atoms with Crippen LogP contribution < -0.4 is 5.32 Å². The Hall–Kier alpha value is -0.340. The molecule has 1 N–H and O–H groups in total. The molecule has 2 heteroatoms. The van der Waals surface area contributed by atoms with Crippen LogP contribution in [0.1, 0.15) is 45.2 Å². The van der Waals surface area contributed by atoms with Crippen LogP contribution in [0.15, 0.2) is 28.7 Å². The van der Waals surface area contributed by atoms with Crippen LogP contribution in [0.3, 0.4) is 0 Å². The lowest BCUT2D eigenvalue weighted by atomic mass is 9.92. The number of hydrogen-bond donors (Lipinski definition) is 1. The molecule has 0 amide bonds. The van der Waals surface area contributed by atoms with Gasteiger partial charge in [-0.25, -0.2) is 0 Å². The molecule has 0 saturated heterocycles. The van der Waals surface area contributed by atoms with Crippen LogP contribution in [-0.4, -0.2) is 6.54 Å². The summed E-state index contributed by atoms with van der Waals surface area (Å²) in [4.78, 5) is 0. The van der Waals surface area contributed by atoms with E-state index in [2.05, 4.69) is 66.3 Å². The van der Waals surface area contributed by atoms with Gasteiger partial charge in [-0.2, -0.15) is 0 Å². The summed E-state index contributed by atoms with van der Waals surface area (Å²) in [5.41, 5.74) is 1.96. The maximum absolute atomic E-state index is 3.69. The van der Waals surface area contributed by atoms with Gasteiger partial charge < -0.3 is 5.32 Å². The Morgan fingerprint density at radius 2 is 1.76 bits per heavy atom. The third-order valence-electron chi connectivity index (χ3n) is 4.25. The number of nitrogens with one attached hydrogen (secondary N) is 1. The molecule has 0 aliphatic heterocycles. The van der Waals surface area contributed by atoms with E-state index in [1.54, 1.807) is 0 Å². The SMILES string of the molecule is CC(NCC1(C(C)C)CC1)c1ccc(Br)cc1. The van der Waals surface area contributed by atoms with Gasteiger partial charge in [-0.05, 0) is 48.8 Å². The molecule has 0 radical (unpaired) electrons. The fraction of sp³-hybridized carbons (Fsp3) is 0.600. The minimum atomic E-state index is 0.444. The smallest absolute Gasteiger partial charge is 0.0292 e. The predicted molar refractivity (Wildman–Crippen MR) is 77.1 cm³/mol. The molecule has 1 saturated carbocycles. The monoisotopic (exact) mass is 295 g/mol. The number of halogens is 1. The highest BCUT2D eigenvalue weighted by Crippen LogP contribution is 2.51. The molecule has 1 atom stereocenters. The lowest BCUT2D eigenvalue weighted by Crippen LogP contribution is -2.29. The molecular weight excluding hydrogens is 274 g/mol. The summed E-state index contributed by atoms with van der Waals surface area (Å²) in [7, 11) is 0. The minimum Gasteiger partial charge on any atom is -0.310 e. The van der Waals surface area contributed by atoms with Crippen LogP contribution >= 0.6 is 15.9 Å².